The van der Waals surface area contributed by atoms with Crippen LogP contribution in [0.1, 0.15) is 16.7 Å². The molecule has 0 bridgehead atoms. The number of imide groups is 1. The highest BCUT2D eigenvalue weighted by Gasteiger charge is 2.41. The first-order valence-corrected chi connectivity index (χ1v) is 10.4. The van der Waals surface area contributed by atoms with Gasteiger partial charge in [-0.05, 0) is 60.9 Å². The fraction of sp³-hybridized carbons (Fsp3) is 0.120. The molecule has 1 heterocycles. The van der Waals surface area contributed by atoms with E-state index in [0.717, 1.165) is 23.3 Å². The third kappa shape index (κ3) is 4.07. The molecule has 0 aromatic heterocycles. The van der Waals surface area contributed by atoms with Gasteiger partial charge in [0, 0.05) is 11.8 Å². The number of anilines is 2. The van der Waals surface area contributed by atoms with Crippen molar-refractivity contribution in [3.05, 3.63) is 93.6 Å². The molecule has 0 spiro atoms. The SMILES string of the molecule is COc1ccc(NC2=C(c3ccc(C)c(C)c3)C(=O)N(c3ccc(F)cc3F)C2=O)cc1Cl. The number of amides is 2. The van der Waals surface area contributed by atoms with Gasteiger partial charge in [0.2, 0.25) is 0 Å². The molecule has 0 fully saturated rings. The molecular weight excluding hydrogens is 450 g/mol. The number of aryl methyl sites for hydroxylation is 2. The number of rotatable bonds is 5. The summed E-state index contributed by atoms with van der Waals surface area (Å²) in [6.45, 7) is 3.81. The van der Waals surface area contributed by atoms with Crippen molar-refractivity contribution in [2.24, 2.45) is 0 Å². The lowest BCUT2D eigenvalue weighted by molar-refractivity contribution is -0.120. The maximum Gasteiger partial charge on any atom is 0.282 e. The molecule has 33 heavy (non-hydrogen) atoms. The highest BCUT2D eigenvalue weighted by molar-refractivity contribution is 6.46. The Bertz CT molecular complexity index is 1340. The Hall–Kier alpha value is -3.71. The summed E-state index contributed by atoms with van der Waals surface area (Å²) in [5.74, 6) is -2.90. The smallest absolute Gasteiger partial charge is 0.282 e. The van der Waals surface area contributed by atoms with Crippen LogP contribution in [0.2, 0.25) is 5.02 Å². The fourth-order valence-electron chi connectivity index (χ4n) is 3.58. The van der Waals surface area contributed by atoms with Crippen molar-refractivity contribution in [2.45, 2.75) is 13.8 Å². The molecule has 1 aliphatic rings. The van der Waals surface area contributed by atoms with Gasteiger partial charge in [-0.2, -0.15) is 0 Å². The van der Waals surface area contributed by atoms with Gasteiger partial charge in [0.15, 0.2) is 0 Å². The van der Waals surface area contributed by atoms with Crippen LogP contribution in [-0.4, -0.2) is 18.9 Å². The summed E-state index contributed by atoms with van der Waals surface area (Å²) >= 11 is 6.20. The molecule has 3 aromatic carbocycles. The Kier molecular flexibility index (Phi) is 5.91. The number of carbonyl (C=O) groups excluding carboxylic acids is 2. The predicted molar refractivity (Wildman–Crippen MR) is 123 cm³/mol. The van der Waals surface area contributed by atoms with Gasteiger partial charge in [-0.15, -0.1) is 0 Å². The minimum absolute atomic E-state index is 0.0480. The molecular formula is C25H19ClF2N2O3. The largest absolute Gasteiger partial charge is 0.495 e. The molecule has 168 valence electrons. The van der Waals surface area contributed by atoms with E-state index in [2.05, 4.69) is 5.32 Å². The quantitative estimate of drug-likeness (QED) is 0.492. The van der Waals surface area contributed by atoms with Gasteiger partial charge in [-0.3, -0.25) is 9.59 Å². The summed E-state index contributed by atoms with van der Waals surface area (Å²) in [6, 6.07) is 12.8. The molecule has 0 aliphatic carbocycles. The van der Waals surface area contributed by atoms with Gasteiger partial charge < -0.3 is 10.1 Å². The third-order valence-corrected chi connectivity index (χ3v) is 5.75. The number of halogens is 3. The number of carbonyl (C=O) groups is 2. The zero-order chi connectivity index (χ0) is 23.9. The number of methoxy groups -OCH3 is 1. The van der Waals surface area contributed by atoms with E-state index in [1.165, 1.54) is 7.11 Å². The van der Waals surface area contributed by atoms with Gasteiger partial charge >= 0.3 is 0 Å². The van der Waals surface area contributed by atoms with E-state index < -0.39 is 23.4 Å². The number of ether oxygens (including phenoxy) is 1. The topological polar surface area (TPSA) is 58.6 Å². The molecule has 0 saturated heterocycles. The highest BCUT2D eigenvalue weighted by Crippen LogP contribution is 2.36. The van der Waals surface area contributed by atoms with Crippen molar-refractivity contribution in [1.29, 1.82) is 0 Å². The first-order chi connectivity index (χ1) is 15.7. The van der Waals surface area contributed by atoms with Gasteiger partial charge in [0.05, 0.1) is 23.4 Å². The fourth-order valence-corrected chi connectivity index (χ4v) is 3.84. The molecule has 3 aromatic rings. The minimum atomic E-state index is -1.02. The Labute approximate surface area is 194 Å². The zero-order valence-electron chi connectivity index (χ0n) is 18.0. The molecule has 0 saturated carbocycles. The maximum absolute atomic E-state index is 14.5. The average molecular weight is 469 g/mol. The predicted octanol–water partition coefficient (Wildman–Crippen LogP) is 5.64. The second kappa shape index (κ2) is 8.67. The molecule has 0 unspecified atom stereocenters. The third-order valence-electron chi connectivity index (χ3n) is 5.45. The van der Waals surface area contributed by atoms with Crippen LogP contribution in [0.25, 0.3) is 5.57 Å². The Balaban J connectivity index is 1.85. The Morgan fingerprint density at radius 3 is 2.30 bits per heavy atom. The van der Waals surface area contributed by atoms with E-state index in [1.54, 1.807) is 30.3 Å². The standard InChI is InChI=1S/C25H19ClF2N2O3/c1-13-4-5-15(10-14(13)2)22-23(29-17-7-9-21(33-3)18(26)12-17)25(32)30(24(22)31)20-8-6-16(27)11-19(20)28/h4-12,29H,1-3H3. The van der Waals surface area contributed by atoms with Crippen molar-refractivity contribution >= 4 is 40.4 Å². The lowest BCUT2D eigenvalue weighted by atomic mass is 9.99. The van der Waals surface area contributed by atoms with Crippen LogP contribution in [0.15, 0.2) is 60.3 Å². The number of nitrogens with one attached hydrogen (secondary N) is 1. The number of hydrogen-bond acceptors (Lipinski definition) is 4. The molecule has 4 rings (SSSR count). The van der Waals surface area contributed by atoms with E-state index >= 15 is 0 Å². The van der Waals surface area contributed by atoms with Crippen LogP contribution in [0, 0.1) is 25.5 Å². The van der Waals surface area contributed by atoms with Crippen molar-refractivity contribution in [3.8, 4) is 5.75 Å². The van der Waals surface area contributed by atoms with Crippen molar-refractivity contribution in [2.75, 3.05) is 17.3 Å². The van der Waals surface area contributed by atoms with Crippen molar-refractivity contribution < 1.29 is 23.1 Å². The summed E-state index contributed by atoms with van der Waals surface area (Å²) in [5.41, 5.74) is 2.53. The lowest BCUT2D eigenvalue weighted by Crippen LogP contribution is -2.33. The van der Waals surface area contributed by atoms with Gasteiger partial charge in [0.25, 0.3) is 11.8 Å². The zero-order valence-corrected chi connectivity index (χ0v) is 18.8. The molecule has 2 amide bonds. The van der Waals surface area contributed by atoms with E-state index in [9.17, 15) is 18.4 Å². The second-order valence-corrected chi connectivity index (χ2v) is 7.97. The van der Waals surface area contributed by atoms with Crippen LogP contribution in [0.3, 0.4) is 0 Å². The molecule has 1 N–H and O–H groups in total. The highest BCUT2D eigenvalue weighted by atomic mass is 35.5. The van der Waals surface area contributed by atoms with Crippen molar-refractivity contribution in [1.82, 2.24) is 0 Å². The molecule has 0 atom stereocenters. The summed E-state index contributed by atoms with van der Waals surface area (Å²) in [6.07, 6.45) is 0. The normalized spacial score (nSPS) is 13.7. The van der Waals surface area contributed by atoms with Crippen LogP contribution in [-0.2, 0) is 9.59 Å². The first-order valence-electron chi connectivity index (χ1n) is 9.97. The van der Waals surface area contributed by atoms with E-state index in [0.29, 0.717) is 33.0 Å². The van der Waals surface area contributed by atoms with E-state index in [-0.39, 0.29) is 17.0 Å². The molecule has 0 radical (unpaired) electrons. The van der Waals surface area contributed by atoms with Crippen LogP contribution >= 0.6 is 11.6 Å². The summed E-state index contributed by atoms with van der Waals surface area (Å²) in [5, 5.41) is 3.26. The van der Waals surface area contributed by atoms with Crippen LogP contribution in [0.4, 0.5) is 20.2 Å². The van der Waals surface area contributed by atoms with E-state index in [4.69, 9.17) is 16.3 Å². The number of hydrogen-bond donors (Lipinski definition) is 1. The first kappa shape index (κ1) is 22.5. The van der Waals surface area contributed by atoms with Gasteiger partial charge in [-0.1, -0.05) is 29.8 Å². The summed E-state index contributed by atoms with van der Waals surface area (Å²) in [4.78, 5) is 27.5. The van der Waals surface area contributed by atoms with Crippen molar-refractivity contribution in [3.63, 3.8) is 0 Å². The van der Waals surface area contributed by atoms with E-state index in [1.807, 2.05) is 19.9 Å². The lowest BCUT2D eigenvalue weighted by Gasteiger charge is -2.16. The van der Waals surface area contributed by atoms with Gasteiger partial charge in [0.1, 0.15) is 23.1 Å². The Morgan fingerprint density at radius 1 is 0.909 bits per heavy atom. The molecule has 1 aliphatic heterocycles. The van der Waals surface area contributed by atoms with Crippen LogP contribution < -0.4 is 15.0 Å². The Morgan fingerprint density at radius 2 is 1.67 bits per heavy atom. The summed E-state index contributed by atoms with van der Waals surface area (Å²) < 4.78 is 33.1. The second-order valence-electron chi connectivity index (χ2n) is 7.56. The minimum Gasteiger partial charge on any atom is -0.495 e. The number of benzene rings is 3. The summed E-state index contributed by atoms with van der Waals surface area (Å²) in [7, 11) is 1.48. The number of nitrogens with zero attached hydrogens (tertiary/aromatic N) is 1. The molecule has 5 nitrogen and oxygen atoms in total. The average Bonchev–Trinajstić information content (AvgIpc) is 3.00. The van der Waals surface area contributed by atoms with Crippen LogP contribution in [0.5, 0.6) is 5.75 Å². The molecule has 8 heteroatoms. The van der Waals surface area contributed by atoms with Gasteiger partial charge in [-0.25, -0.2) is 13.7 Å². The maximum atomic E-state index is 14.5. The monoisotopic (exact) mass is 468 g/mol.